The van der Waals surface area contributed by atoms with E-state index in [4.69, 9.17) is 11.6 Å². The van der Waals surface area contributed by atoms with Gasteiger partial charge in [-0.3, -0.25) is 4.57 Å². The Morgan fingerprint density at radius 1 is 1.33 bits per heavy atom. The Labute approximate surface area is 128 Å². The number of nitrogens with zero attached hydrogens (tertiary/aromatic N) is 6. The number of aromatic nitrogens is 5. The first kappa shape index (κ1) is 13.0. The lowest BCUT2D eigenvalue weighted by molar-refractivity contribution is 0.341. The van der Waals surface area contributed by atoms with Gasteiger partial charge >= 0.3 is 0 Å². The van der Waals surface area contributed by atoms with Crippen LogP contribution in [0.2, 0.25) is 5.28 Å². The third-order valence-corrected chi connectivity index (χ3v) is 4.73. The average Bonchev–Trinajstić information content (AvgIpc) is 2.79. The van der Waals surface area contributed by atoms with Gasteiger partial charge in [-0.1, -0.05) is 6.92 Å². The zero-order chi connectivity index (χ0) is 14.6. The number of rotatable bonds is 2. The van der Waals surface area contributed by atoms with Crippen LogP contribution in [-0.2, 0) is 0 Å². The molecule has 0 amide bonds. The number of anilines is 1. The van der Waals surface area contributed by atoms with E-state index in [1.807, 2.05) is 6.92 Å². The van der Waals surface area contributed by atoms with Crippen LogP contribution in [0.5, 0.6) is 0 Å². The topological polar surface area (TPSA) is 59.7 Å². The Balaban J connectivity index is 1.96. The molecule has 1 aliphatic carbocycles. The molecule has 1 atom stereocenters. The third-order valence-electron chi connectivity index (χ3n) is 4.54. The molecule has 7 heteroatoms. The third kappa shape index (κ3) is 1.78. The lowest BCUT2D eigenvalue weighted by atomic mass is 9.89. The Bertz CT molecular complexity index is 693. The first-order valence-electron chi connectivity index (χ1n) is 7.44. The maximum atomic E-state index is 6.05. The van der Waals surface area contributed by atoms with Gasteiger partial charge in [-0.2, -0.15) is 4.98 Å². The molecule has 0 spiro atoms. The van der Waals surface area contributed by atoms with Crippen LogP contribution in [0.3, 0.4) is 0 Å². The van der Waals surface area contributed by atoms with Gasteiger partial charge < -0.3 is 4.90 Å². The standard InChI is InChI=1S/C14H17ClN6/c1-3-10-13-19-18-8(2)20(13)11-7-16-14(15)17-12(11)21(10)9-5-4-6-9/h7,9-10H,3-6H2,1-2H3. The van der Waals surface area contributed by atoms with Crippen molar-refractivity contribution in [2.24, 2.45) is 0 Å². The number of halogens is 1. The van der Waals surface area contributed by atoms with Crippen molar-refractivity contribution in [3.05, 3.63) is 23.1 Å². The van der Waals surface area contributed by atoms with Crippen molar-refractivity contribution in [3.8, 4) is 5.69 Å². The van der Waals surface area contributed by atoms with Gasteiger partial charge in [-0.15, -0.1) is 10.2 Å². The maximum absolute atomic E-state index is 6.05. The molecule has 0 aromatic carbocycles. The highest BCUT2D eigenvalue weighted by molar-refractivity contribution is 6.28. The van der Waals surface area contributed by atoms with Crippen molar-refractivity contribution >= 4 is 17.4 Å². The minimum atomic E-state index is 0.204. The van der Waals surface area contributed by atoms with Gasteiger partial charge in [0.2, 0.25) is 5.28 Å². The van der Waals surface area contributed by atoms with Crippen molar-refractivity contribution in [3.63, 3.8) is 0 Å². The predicted molar refractivity (Wildman–Crippen MR) is 79.8 cm³/mol. The van der Waals surface area contributed by atoms with E-state index in [0.717, 1.165) is 29.6 Å². The molecule has 0 saturated heterocycles. The van der Waals surface area contributed by atoms with E-state index in [0.29, 0.717) is 11.3 Å². The minimum absolute atomic E-state index is 0.204. The van der Waals surface area contributed by atoms with E-state index in [2.05, 4.69) is 36.6 Å². The summed E-state index contributed by atoms with van der Waals surface area (Å²) in [7, 11) is 0. The summed E-state index contributed by atoms with van der Waals surface area (Å²) in [5.74, 6) is 2.77. The summed E-state index contributed by atoms with van der Waals surface area (Å²) in [6, 6.07) is 0.723. The van der Waals surface area contributed by atoms with E-state index in [-0.39, 0.29) is 6.04 Å². The van der Waals surface area contributed by atoms with Crippen LogP contribution in [0.15, 0.2) is 6.20 Å². The summed E-state index contributed by atoms with van der Waals surface area (Å²) < 4.78 is 2.06. The van der Waals surface area contributed by atoms with Crippen molar-refractivity contribution in [1.29, 1.82) is 0 Å². The smallest absolute Gasteiger partial charge is 0.224 e. The molecular weight excluding hydrogens is 288 g/mol. The summed E-state index contributed by atoms with van der Waals surface area (Å²) in [5, 5.41) is 8.95. The fraction of sp³-hybridized carbons (Fsp3) is 0.571. The Kier molecular flexibility index (Phi) is 2.89. The van der Waals surface area contributed by atoms with Crippen LogP contribution < -0.4 is 4.90 Å². The maximum Gasteiger partial charge on any atom is 0.224 e. The molecule has 4 rings (SSSR count). The molecule has 3 heterocycles. The van der Waals surface area contributed by atoms with Crippen LogP contribution >= 0.6 is 11.6 Å². The highest BCUT2D eigenvalue weighted by Crippen LogP contribution is 2.43. The van der Waals surface area contributed by atoms with Gasteiger partial charge in [0.15, 0.2) is 11.6 Å². The lowest BCUT2D eigenvalue weighted by Gasteiger charge is -2.45. The van der Waals surface area contributed by atoms with Gasteiger partial charge in [-0.25, -0.2) is 4.98 Å². The molecule has 1 aliphatic heterocycles. The summed E-state index contributed by atoms with van der Waals surface area (Å²) in [6.07, 6.45) is 6.42. The summed E-state index contributed by atoms with van der Waals surface area (Å²) in [4.78, 5) is 11.1. The SMILES string of the molecule is CCC1c2nnc(C)n2-c2cnc(Cl)nc2N1C1CCC1. The minimum Gasteiger partial charge on any atom is -0.341 e. The van der Waals surface area contributed by atoms with Gasteiger partial charge in [0, 0.05) is 6.04 Å². The van der Waals surface area contributed by atoms with Crippen molar-refractivity contribution in [2.75, 3.05) is 4.90 Å². The van der Waals surface area contributed by atoms with Crippen molar-refractivity contribution in [2.45, 2.75) is 51.6 Å². The number of hydrogen-bond donors (Lipinski definition) is 0. The molecule has 0 N–H and O–H groups in total. The van der Waals surface area contributed by atoms with E-state index in [1.54, 1.807) is 6.20 Å². The molecule has 1 unspecified atom stereocenters. The second kappa shape index (κ2) is 4.66. The summed E-state index contributed by atoms with van der Waals surface area (Å²) >= 11 is 6.05. The predicted octanol–water partition coefficient (Wildman–Crippen LogP) is 2.84. The molecule has 0 bridgehead atoms. The summed E-state index contributed by atoms with van der Waals surface area (Å²) in [6.45, 7) is 4.14. The molecule has 1 fully saturated rings. The first-order valence-corrected chi connectivity index (χ1v) is 7.81. The van der Waals surface area contributed by atoms with Crippen LogP contribution in [0.4, 0.5) is 5.82 Å². The number of aryl methyl sites for hydroxylation is 1. The normalized spacial score (nSPS) is 20.9. The zero-order valence-electron chi connectivity index (χ0n) is 12.1. The Morgan fingerprint density at radius 2 is 2.14 bits per heavy atom. The van der Waals surface area contributed by atoms with Crippen LogP contribution in [-0.4, -0.2) is 30.8 Å². The first-order chi connectivity index (χ1) is 10.2. The molecule has 6 nitrogen and oxygen atoms in total. The second-order valence-corrected chi connectivity index (χ2v) is 6.04. The Morgan fingerprint density at radius 3 is 2.81 bits per heavy atom. The van der Waals surface area contributed by atoms with E-state index < -0.39 is 0 Å². The molecule has 2 aliphatic rings. The molecule has 2 aromatic rings. The molecule has 110 valence electrons. The van der Waals surface area contributed by atoms with Gasteiger partial charge in [0.05, 0.1) is 12.2 Å². The molecule has 21 heavy (non-hydrogen) atoms. The highest BCUT2D eigenvalue weighted by Gasteiger charge is 2.40. The van der Waals surface area contributed by atoms with Crippen LogP contribution in [0, 0.1) is 6.92 Å². The van der Waals surface area contributed by atoms with E-state index in [9.17, 15) is 0 Å². The molecule has 1 saturated carbocycles. The Hall–Kier alpha value is -1.69. The highest BCUT2D eigenvalue weighted by atomic mass is 35.5. The van der Waals surface area contributed by atoms with E-state index in [1.165, 1.54) is 19.3 Å². The van der Waals surface area contributed by atoms with Crippen LogP contribution in [0.25, 0.3) is 5.69 Å². The van der Waals surface area contributed by atoms with Crippen molar-refractivity contribution in [1.82, 2.24) is 24.7 Å². The molecular formula is C14H17ClN6. The van der Waals surface area contributed by atoms with Gasteiger partial charge in [0.1, 0.15) is 11.5 Å². The van der Waals surface area contributed by atoms with E-state index >= 15 is 0 Å². The number of hydrogen-bond acceptors (Lipinski definition) is 5. The average molecular weight is 305 g/mol. The second-order valence-electron chi connectivity index (χ2n) is 5.70. The largest absolute Gasteiger partial charge is 0.341 e. The summed E-state index contributed by atoms with van der Waals surface area (Å²) in [5.41, 5.74) is 0.938. The fourth-order valence-corrected chi connectivity index (χ4v) is 3.46. The fourth-order valence-electron chi connectivity index (χ4n) is 3.33. The van der Waals surface area contributed by atoms with Crippen LogP contribution in [0.1, 0.15) is 50.3 Å². The quantitative estimate of drug-likeness (QED) is 0.798. The number of fused-ring (bicyclic) bond motifs is 3. The van der Waals surface area contributed by atoms with Gasteiger partial charge in [0.25, 0.3) is 0 Å². The zero-order valence-corrected chi connectivity index (χ0v) is 12.9. The monoisotopic (exact) mass is 304 g/mol. The van der Waals surface area contributed by atoms with Gasteiger partial charge in [-0.05, 0) is 44.2 Å². The van der Waals surface area contributed by atoms with Crippen molar-refractivity contribution < 1.29 is 0 Å². The molecule has 0 radical (unpaired) electrons. The lowest BCUT2D eigenvalue weighted by Crippen LogP contribution is -2.46. The molecule has 2 aromatic heterocycles.